The van der Waals surface area contributed by atoms with E-state index in [-0.39, 0.29) is 24.8 Å². The van der Waals surface area contributed by atoms with E-state index in [9.17, 15) is 8.78 Å². The molecule has 0 saturated carbocycles. The van der Waals surface area contributed by atoms with Crippen molar-refractivity contribution in [1.29, 1.82) is 5.41 Å². The molecule has 0 aliphatic carbocycles. The molecule has 9 heteroatoms. The van der Waals surface area contributed by atoms with Crippen molar-refractivity contribution in [3.8, 4) is 0 Å². The fraction of sp³-hybridized carbons (Fsp3) is 0.385. The Morgan fingerprint density at radius 2 is 2.14 bits per heavy atom. The molecule has 1 heterocycles. The maximum atomic E-state index is 13.6. The third kappa shape index (κ3) is 3.97. The second kappa shape index (κ2) is 6.53. The molecule has 120 valence electrons. The van der Waals surface area contributed by atoms with E-state index in [1.165, 1.54) is 4.90 Å². The molecule has 0 spiro atoms. The highest BCUT2D eigenvalue weighted by atomic mass is 127. The van der Waals surface area contributed by atoms with Crippen LogP contribution in [0.4, 0.5) is 14.5 Å². The van der Waals surface area contributed by atoms with Crippen LogP contribution in [0.15, 0.2) is 23.2 Å². The van der Waals surface area contributed by atoms with Crippen molar-refractivity contribution < 1.29 is 8.78 Å². The first-order valence-electron chi connectivity index (χ1n) is 6.47. The van der Waals surface area contributed by atoms with Crippen LogP contribution in [0.25, 0.3) is 0 Å². The summed E-state index contributed by atoms with van der Waals surface area (Å²) in [6.07, 6.45) is -0.869. The fourth-order valence-corrected chi connectivity index (χ4v) is 2.78. The molecule has 5 N–H and O–H groups in total. The molecular weight excluding hydrogens is 427 g/mol. The molecular formula is C13H15ClF2IN5. The molecule has 1 atom stereocenters. The van der Waals surface area contributed by atoms with Crippen LogP contribution >= 0.6 is 34.2 Å². The minimum atomic E-state index is -2.85. The third-order valence-electron chi connectivity index (χ3n) is 3.40. The van der Waals surface area contributed by atoms with E-state index in [1.807, 2.05) is 0 Å². The zero-order valence-electron chi connectivity index (χ0n) is 11.5. The zero-order chi connectivity index (χ0) is 16.5. The lowest BCUT2D eigenvalue weighted by Crippen LogP contribution is -2.56. The molecule has 5 nitrogen and oxygen atoms in total. The lowest BCUT2D eigenvalue weighted by molar-refractivity contribution is -0.0526. The van der Waals surface area contributed by atoms with Gasteiger partial charge in [0, 0.05) is 23.0 Å². The van der Waals surface area contributed by atoms with E-state index in [0.29, 0.717) is 10.7 Å². The second-order valence-electron chi connectivity index (χ2n) is 5.04. The number of amidine groups is 1. The fourth-order valence-electron chi connectivity index (χ4n) is 2.27. The molecule has 1 saturated heterocycles. The van der Waals surface area contributed by atoms with E-state index < -0.39 is 18.4 Å². The molecule has 0 bridgehead atoms. The molecule has 0 aromatic heterocycles. The van der Waals surface area contributed by atoms with Gasteiger partial charge in [0.15, 0.2) is 5.96 Å². The molecule has 1 aliphatic heterocycles. The lowest BCUT2D eigenvalue weighted by Gasteiger charge is -2.39. The summed E-state index contributed by atoms with van der Waals surface area (Å²) in [5.74, 6) is -3.15. The number of rotatable bonds is 2. The van der Waals surface area contributed by atoms with Crippen molar-refractivity contribution in [3.05, 3.63) is 26.8 Å². The Labute approximate surface area is 145 Å². The van der Waals surface area contributed by atoms with Gasteiger partial charge in [-0.15, -0.1) is 0 Å². The number of piperidine rings is 1. The number of aliphatic imine (C=N–C) groups is 1. The molecule has 2 rings (SSSR count). The van der Waals surface area contributed by atoms with Gasteiger partial charge in [-0.2, -0.15) is 0 Å². The lowest BCUT2D eigenvalue weighted by atomic mass is 9.98. The van der Waals surface area contributed by atoms with E-state index in [1.54, 1.807) is 18.2 Å². The predicted octanol–water partition coefficient (Wildman–Crippen LogP) is 2.93. The number of nitrogens with zero attached hydrogens (tertiary/aromatic N) is 2. The van der Waals surface area contributed by atoms with Crippen molar-refractivity contribution in [3.63, 3.8) is 0 Å². The van der Waals surface area contributed by atoms with Crippen LogP contribution < -0.4 is 11.5 Å². The highest BCUT2D eigenvalue weighted by molar-refractivity contribution is 14.1. The number of alkyl halides is 2. The van der Waals surface area contributed by atoms with Crippen LogP contribution in [0, 0.1) is 8.98 Å². The quantitative estimate of drug-likeness (QED) is 0.374. The van der Waals surface area contributed by atoms with Crippen molar-refractivity contribution in [1.82, 2.24) is 4.90 Å². The third-order valence-corrected chi connectivity index (χ3v) is 4.97. The van der Waals surface area contributed by atoms with Crippen molar-refractivity contribution in [2.75, 3.05) is 6.54 Å². The first-order chi connectivity index (χ1) is 10.2. The van der Waals surface area contributed by atoms with Crippen molar-refractivity contribution in [2.45, 2.75) is 24.8 Å². The summed E-state index contributed by atoms with van der Waals surface area (Å²) in [7, 11) is 0. The summed E-state index contributed by atoms with van der Waals surface area (Å²) < 4.78 is 28.1. The maximum Gasteiger partial charge on any atom is 0.252 e. The Morgan fingerprint density at radius 1 is 1.45 bits per heavy atom. The molecule has 22 heavy (non-hydrogen) atoms. The summed E-state index contributed by atoms with van der Waals surface area (Å²) in [4.78, 5) is 5.50. The number of nitrogens with one attached hydrogen (secondary N) is 1. The first-order valence-corrected chi connectivity index (χ1v) is 7.93. The van der Waals surface area contributed by atoms with Crippen molar-refractivity contribution in [2.24, 2.45) is 16.5 Å². The molecule has 1 unspecified atom stereocenters. The predicted molar refractivity (Wildman–Crippen MR) is 92.0 cm³/mol. The van der Waals surface area contributed by atoms with E-state index in [4.69, 9.17) is 28.5 Å². The Bertz CT molecular complexity index is 622. The summed E-state index contributed by atoms with van der Waals surface area (Å²) in [6.45, 7) is -0.0311. The summed E-state index contributed by atoms with van der Waals surface area (Å²) >= 11 is 8.08. The number of nitrogens with two attached hydrogens (primary N) is 2. The van der Waals surface area contributed by atoms with Gasteiger partial charge in [0.1, 0.15) is 5.84 Å². The monoisotopic (exact) mass is 441 g/mol. The normalized spacial score (nSPS) is 21.7. The SMILES string of the molecule is N=C(N)N1CCC(F)(F)CC1C(N)=Nc1ccc(I)c(Cl)c1. The largest absolute Gasteiger partial charge is 0.385 e. The Morgan fingerprint density at radius 3 is 2.73 bits per heavy atom. The van der Waals surface area contributed by atoms with Crippen LogP contribution in [0.5, 0.6) is 0 Å². The van der Waals surface area contributed by atoms with Gasteiger partial charge in [0.05, 0.1) is 16.8 Å². The van der Waals surface area contributed by atoms with Crippen LogP contribution in [0.1, 0.15) is 12.8 Å². The van der Waals surface area contributed by atoms with Gasteiger partial charge < -0.3 is 16.4 Å². The number of halogens is 4. The smallest absolute Gasteiger partial charge is 0.252 e. The summed E-state index contributed by atoms with van der Waals surface area (Å²) in [6, 6.07) is 4.15. The molecule has 1 fully saturated rings. The Hall–Kier alpha value is -1.16. The highest BCUT2D eigenvalue weighted by Gasteiger charge is 2.42. The van der Waals surface area contributed by atoms with Gasteiger partial charge in [0.25, 0.3) is 5.92 Å². The average Bonchev–Trinajstić information content (AvgIpc) is 2.41. The molecule has 0 radical (unpaired) electrons. The van der Waals surface area contributed by atoms with Crippen LogP contribution in [0.3, 0.4) is 0 Å². The minimum absolute atomic E-state index is 0.00755. The van der Waals surface area contributed by atoms with Gasteiger partial charge >= 0.3 is 0 Å². The standard InChI is InChI=1S/C13H15ClF2IN5/c14-8-5-7(1-2-9(8)17)21-11(18)10-6-13(15,16)3-4-22(10)12(19)20/h1-2,5,10H,3-4,6H2,(H2,18,21)(H3,19,20). The van der Waals surface area contributed by atoms with Gasteiger partial charge in [-0.25, -0.2) is 13.8 Å². The number of guanidine groups is 1. The van der Waals surface area contributed by atoms with E-state index in [0.717, 1.165) is 3.57 Å². The van der Waals surface area contributed by atoms with Crippen LogP contribution in [0.2, 0.25) is 5.02 Å². The number of benzene rings is 1. The van der Waals surface area contributed by atoms with Gasteiger partial charge in [-0.1, -0.05) is 11.6 Å². The summed E-state index contributed by atoms with van der Waals surface area (Å²) in [5, 5.41) is 8.02. The molecule has 1 aromatic rings. The number of hydrogen-bond acceptors (Lipinski definition) is 2. The van der Waals surface area contributed by atoms with Crippen LogP contribution in [-0.2, 0) is 0 Å². The number of hydrogen-bond donors (Lipinski definition) is 3. The maximum absolute atomic E-state index is 13.6. The molecule has 1 aliphatic rings. The van der Waals surface area contributed by atoms with E-state index in [2.05, 4.69) is 27.6 Å². The topological polar surface area (TPSA) is 91.5 Å². The van der Waals surface area contributed by atoms with Crippen molar-refractivity contribution >= 4 is 51.7 Å². The minimum Gasteiger partial charge on any atom is -0.385 e. The highest BCUT2D eigenvalue weighted by Crippen LogP contribution is 2.32. The average molecular weight is 442 g/mol. The van der Waals surface area contributed by atoms with E-state index >= 15 is 0 Å². The van der Waals surface area contributed by atoms with Crippen LogP contribution in [-0.4, -0.2) is 35.2 Å². The zero-order valence-corrected chi connectivity index (χ0v) is 14.4. The number of likely N-dealkylation sites (tertiary alicyclic amines) is 1. The van der Waals surface area contributed by atoms with Gasteiger partial charge in [-0.3, -0.25) is 5.41 Å². The second-order valence-corrected chi connectivity index (χ2v) is 6.61. The van der Waals surface area contributed by atoms with Gasteiger partial charge in [0.2, 0.25) is 0 Å². The Balaban J connectivity index is 2.30. The Kier molecular flexibility index (Phi) is 5.10. The summed E-state index contributed by atoms with van der Waals surface area (Å²) in [5.41, 5.74) is 11.8. The molecule has 0 amide bonds. The van der Waals surface area contributed by atoms with Gasteiger partial charge in [-0.05, 0) is 40.8 Å². The molecule has 1 aromatic carbocycles. The first kappa shape index (κ1) is 17.2.